The van der Waals surface area contributed by atoms with Gasteiger partial charge in [0.1, 0.15) is 5.82 Å². The first-order valence-corrected chi connectivity index (χ1v) is 12.0. The molecule has 0 saturated carbocycles. The zero-order valence-electron chi connectivity index (χ0n) is 19.4. The molecule has 0 bridgehead atoms. The summed E-state index contributed by atoms with van der Waals surface area (Å²) in [5, 5.41) is 7.17. The molecule has 5 heterocycles. The second-order valence-corrected chi connectivity index (χ2v) is 9.60. The average Bonchev–Trinajstić information content (AvgIpc) is 3.48. The Kier molecular flexibility index (Phi) is 5.49. The first kappa shape index (κ1) is 21.2. The molecule has 1 aromatic carbocycles. The minimum atomic E-state index is 0.105. The van der Waals surface area contributed by atoms with Gasteiger partial charge in [0, 0.05) is 66.5 Å². The van der Waals surface area contributed by atoms with Gasteiger partial charge in [0.15, 0.2) is 0 Å². The van der Waals surface area contributed by atoms with Crippen LogP contribution < -0.4 is 21.5 Å². The predicted molar refractivity (Wildman–Crippen MR) is 134 cm³/mol. The van der Waals surface area contributed by atoms with Gasteiger partial charge < -0.3 is 15.6 Å². The van der Waals surface area contributed by atoms with E-state index in [1.807, 2.05) is 24.7 Å². The molecular weight excluding hydrogens is 424 g/mol. The number of H-pyrrole nitrogens is 1. The van der Waals surface area contributed by atoms with Crippen LogP contribution in [0.4, 0.5) is 5.69 Å². The number of aromatic nitrogens is 4. The highest BCUT2D eigenvalue weighted by atomic mass is 15.4. The van der Waals surface area contributed by atoms with Gasteiger partial charge in [0.05, 0.1) is 22.8 Å². The second kappa shape index (κ2) is 8.79. The number of hydrogen-bond donors (Lipinski definition) is 5. The third-order valence-corrected chi connectivity index (χ3v) is 6.88. The number of imidazole rings is 1. The van der Waals surface area contributed by atoms with E-state index in [0.717, 1.165) is 46.6 Å². The van der Waals surface area contributed by atoms with Gasteiger partial charge in [-0.1, -0.05) is 18.2 Å². The molecule has 8 nitrogen and oxygen atoms in total. The number of anilines is 1. The molecule has 0 amide bonds. The number of pyridine rings is 2. The van der Waals surface area contributed by atoms with E-state index in [-0.39, 0.29) is 12.1 Å². The number of nitrogens with zero attached hydrogens (tertiary/aromatic N) is 3. The van der Waals surface area contributed by atoms with Crippen molar-refractivity contribution in [1.82, 2.24) is 36.1 Å². The third kappa shape index (κ3) is 3.94. The summed E-state index contributed by atoms with van der Waals surface area (Å²) in [7, 11) is 0. The summed E-state index contributed by atoms with van der Waals surface area (Å²) < 4.78 is 0. The molecule has 0 radical (unpaired) electrons. The van der Waals surface area contributed by atoms with E-state index >= 15 is 0 Å². The van der Waals surface area contributed by atoms with Gasteiger partial charge in [-0.25, -0.2) is 10.4 Å². The van der Waals surface area contributed by atoms with E-state index < -0.39 is 0 Å². The van der Waals surface area contributed by atoms with Gasteiger partial charge in [-0.15, -0.1) is 0 Å². The zero-order valence-corrected chi connectivity index (χ0v) is 19.4. The Morgan fingerprint density at radius 2 is 1.97 bits per heavy atom. The van der Waals surface area contributed by atoms with Crippen LogP contribution in [-0.4, -0.2) is 38.6 Å². The highest BCUT2D eigenvalue weighted by Crippen LogP contribution is 2.39. The lowest BCUT2D eigenvalue weighted by atomic mass is 9.82. The standard InChI is InChI=1S/C26H30N8/c1-15(2)30-18-9-17(12-28-13-18)22-10-20-23(14-29-22)33-34-25(20)26-31-21-7-3-6-19(24(21)32-26)16-5-4-8-27-11-16/h3-9,11-13,15,20,22-23,25,29-30,33-34H,10,14H2,1-2H3,(H,31,32). The highest BCUT2D eigenvalue weighted by molar-refractivity contribution is 5.91. The molecule has 2 aliphatic rings. The number of para-hydroxylation sites is 1. The van der Waals surface area contributed by atoms with Crippen molar-refractivity contribution >= 4 is 16.7 Å². The molecule has 4 unspecified atom stereocenters. The highest BCUT2D eigenvalue weighted by Gasteiger charge is 2.42. The molecule has 8 heteroatoms. The van der Waals surface area contributed by atoms with Gasteiger partial charge in [0.2, 0.25) is 0 Å². The monoisotopic (exact) mass is 454 g/mol. The Labute approximate surface area is 199 Å². The molecule has 2 aliphatic heterocycles. The normalized spacial score (nSPS) is 24.4. The van der Waals surface area contributed by atoms with Gasteiger partial charge in [0.25, 0.3) is 0 Å². The lowest BCUT2D eigenvalue weighted by Crippen LogP contribution is -2.46. The minimum Gasteiger partial charge on any atom is -0.382 e. The van der Waals surface area contributed by atoms with Crippen LogP contribution in [0.1, 0.15) is 43.7 Å². The zero-order chi connectivity index (χ0) is 23.1. The first-order chi connectivity index (χ1) is 16.7. The summed E-state index contributed by atoms with van der Waals surface area (Å²) in [5.74, 6) is 1.37. The number of aromatic amines is 1. The molecule has 0 spiro atoms. The van der Waals surface area contributed by atoms with Crippen LogP contribution >= 0.6 is 0 Å². The SMILES string of the molecule is CC(C)Nc1cncc(C2CC3C(CN2)NNC3c2nc3c(-c4cccnc4)cccc3[nH]2)c1. The van der Waals surface area contributed by atoms with Crippen LogP contribution in [-0.2, 0) is 0 Å². The van der Waals surface area contributed by atoms with Gasteiger partial charge >= 0.3 is 0 Å². The van der Waals surface area contributed by atoms with Gasteiger partial charge in [-0.05, 0) is 44.0 Å². The number of nitrogens with one attached hydrogen (secondary N) is 5. The van der Waals surface area contributed by atoms with Crippen molar-refractivity contribution in [3.05, 3.63) is 72.6 Å². The van der Waals surface area contributed by atoms with Crippen molar-refractivity contribution in [3.63, 3.8) is 0 Å². The maximum atomic E-state index is 5.08. The molecule has 5 N–H and O–H groups in total. The summed E-state index contributed by atoms with van der Waals surface area (Å²) in [5.41, 5.74) is 13.5. The second-order valence-electron chi connectivity index (χ2n) is 9.60. The largest absolute Gasteiger partial charge is 0.382 e. The molecule has 3 aromatic heterocycles. The number of benzene rings is 1. The molecule has 2 saturated heterocycles. The molecule has 6 rings (SSSR count). The van der Waals surface area contributed by atoms with E-state index in [0.29, 0.717) is 18.0 Å². The number of hydrogen-bond acceptors (Lipinski definition) is 7. The van der Waals surface area contributed by atoms with Crippen molar-refractivity contribution in [3.8, 4) is 11.1 Å². The fourth-order valence-corrected chi connectivity index (χ4v) is 5.31. The average molecular weight is 455 g/mol. The molecule has 0 aliphatic carbocycles. The summed E-state index contributed by atoms with van der Waals surface area (Å²) in [6, 6.07) is 13.6. The fourth-order valence-electron chi connectivity index (χ4n) is 5.31. The van der Waals surface area contributed by atoms with Gasteiger partial charge in [-0.3, -0.25) is 15.4 Å². The van der Waals surface area contributed by atoms with Crippen molar-refractivity contribution < 1.29 is 0 Å². The van der Waals surface area contributed by atoms with Crippen LogP contribution in [0.3, 0.4) is 0 Å². The summed E-state index contributed by atoms with van der Waals surface area (Å²) in [6.07, 6.45) is 8.56. The Hall–Kier alpha value is -3.33. The van der Waals surface area contributed by atoms with E-state index in [1.54, 1.807) is 6.20 Å². The number of hydrazine groups is 1. The van der Waals surface area contributed by atoms with Crippen molar-refractivity contribution in [2.24, 2.45) is 5.92 Å². The summed E-state index contributed by atoms with van der Waals surface area (Å²) in [6.45, 7) is 5.18. The Bertz CT molecular complexity index is 1280. The van der Waals surface area contributed by atoms with Crippen molar-refractivity contribution in [2.45, 2.75) is 44.4 Å². The number of rotatable bonds is 5. The smallest absolute Gasteiger partial charge is 0.126 e. The van der Waals surface area contributed by atoms with Crippen LogP contribution in [0.15, 0.2) is 61.2 Å². The molecule has 34 heavy (non-hydrogen) atoms. The minimum absolute atomic E-state index is 0.105. The molecular formula is C26H30N8. The summed E-state index contributed by atoms with van der Waals surface area (Å²) in [4.78, 5) is 17.4. The third-order valence-electron chi connectivity index (χ3n) is 6.88. The van der Waals surface area contributed by atoms with Crippen LogP contribution in [0, 0.1) is 5.92 Å². The molecule has 4 aromatic rings. The van der Waals surface area contributed by atoms with Gasteiger partial charge in [-0.2, -0.15) is 0 Å². The molecule has 2 fully saturated rings. The van der Waals surface area contributed by atoms with Crippen molar-refractivity contribution in [2.75, 3.05) is 11.9 Å². The van der Waals surface area contributed by atoms with Crippen molar-refractivity contribution in [1.29, 1.82) is 0 Å². The molecule has 4 atom stereocenters. The Balaban J connectivity index is 1.28. The van der Waals surface area contributed by atoms with Crippen LogP contribution in [0.2, 0.25) is 0 Å². The Morgan fingerprint density at radius 3 is 2.82 bits per heavy atom. The quantitative estimate of drug-likeness (QED) is 0.313. The lowest BCUT2D eigenvalue weighted by molar-refractivity contribution is 0.263. The molecule has 174 valence electrons. The van der Waals surface area contributed by atoms with Crippen LogP contribution in [0.5, 0.6) is 0 Å². The predicted octanol–water partition coefficient (Wildman–Crippen LogP) is 3.71. The van der Waals surface area contributed by atoms with E-state index in [4.69, 9.17) is 4.98 Å². The summed E-state index contributed by atoms with van der Waals surface area (Å²) >= 11 is 0. The topological polar surface area (TPSA) is 103 Å². The van der Waals surface area contributed by atoms with E-state index in [2.05, 4.69) is 80.6 Å². The fraction of sp³-hybridized carbons (Fsp3) is 0.346. The lowest BCUT2D eigenvalue weighted by Gasteiger charge is -2.34. The Morgan fingerprint density at radius 1 is 1.03 bits per heavy atom. The van der Waals surface area contributed by atoms with E-state index in [1.165, 1.54) is 5.56 Å². The number of piperidine rings is 1. The maximum Gasteiger partial charge on any atom is 0.126 e. The van der Waals surface area contributed by atoms with Crippen LogP contribution in [0.25, 0.3) is 22.2 Å². The first-order valence-electron chi connectivity index (χ1n) is 12.0. The van der Waals surface area contributed by atoms with E-state index in [9.17, 15) is 0 Å². The maximum absolute atomic E-state index is 5.08. The number of fused-ring (bicyclic) bond motifs is 2.